The van der Waals surface area contributed by atoms with Crippen LogP contribution in [-0.2, 0) is 0 Å². The van der Waals surface area contributed by atoms with Gasteiger partial charge in [0.2, 0.25) is 0 Å². The summed E-state index contributed by atoms with van der Waals surface area (Å²) in [7, 11) is 0. The van der Waals surface area contributed by atoms with Crippen molar-refractivity contribution in [2.24, 2.45) is 11.3 Å². The average molecular weight is 172 g/mol. The number of rotatable bonds is 3. The van der Waals surface area contributed by atoms with Crippen molar-refractivity contribution in [2.45, 2.75) is 44.7 Å². The van der Waals surface area contributed by atoms with Crippen LogP contribution in [0, 0.1) is 11.3 Å². The van der Waals surface area contributed by atoms with Gasteiger partial charge in [-0.2, -0.15) is 0 Å². The molecule has 0 saturated heterocycles. The third-order valence-electron chi connectivity index (χ3n) is 3.64. The predicted molar refractivity (Wildman–Crippen MR) is 45.6 cm³/mol. The predicted octanol–water partition coefficient (Wildman–Crippen LogP) is 2.29. The molecular formula is C10H17FO. The molecule has 2 fully saturated rings. The first-order valence-corrected chi connectivity index (χ1v) is 4.99. The van der Waals surface area contributed by atoms with E-state index in [-0.39, 0.29) is 6.61 Å². The van der Waals surface area contributed by atoms with Gasteiger partial charge in [0.25, 0.3) is 0 Å². The second-order valence-electron chi connectivity index (χ2n) is 4.64. The van der Waals surface area contributed by atoms with Gasteiger partial charge in [-0.15, -0.1) is 0 Å². The van der Waals surface area contributed by atoms with Gasteiger partial charge >= 0.3 is 0 Å². The molecule has 1 spiro atoms. The summed E-state index contributed by atoms with van der Waals surface area (Å²) in [4.78, 5) is 0. The second kappa shape index (κ2) is 2.99. The van der Waals surface area contributed by atoms with Crippen LogP contribution in [0.2, 0.25) is 0 Å². The molecule has 2 aliphatic rings. The van der Waals surface area contributed by atoms with Crippen LogP contribution in [0.4, 0.5) is 4.39 Å². The highest BCUT2D eigenvalue weighted by molar-refractivity contribution is 4.99. The highest BCUT2D eigenvalue weighted by Crippen LogP contribution is 2.59. The highest BCUT2D eigenvalue weighted by Gasteiger charge is 2.48. The van der Waals surface area contributed by atoms with Crippen LogP contribution >= 0.6 is 0 Å². The zero-order valence-electron chi connectivity index (χ0n) is 7.43. The molecule has 1 nitrogen and oxygen atoms in total. The lowest BCUT2D eigenvalue weighted by atomic mass is 9.51. The third-order valence-corrected chi connectivity index (χ3v) is 3.64. The van der Waals surface area contributed by atoms with Gasteiger partial charge in [0.05, 0.1) is 6.61 Å². The summed E-state index contributed by atoms with van der Waals surface area (Å²) in [6.45, 7) is -0.288. The van der Waals surface area contributed by atoms with E-state index in [1.165, 1.54) is 32.1 Å². The quantitative estimate of drug-likeness (QED) is 0.692. The number of aliphatic hydroxyl groups excluding tert-OH is 1. The second-order valence-corrected chi connectivity index (χ2v) is 4.64. The fourth-order valence-electron chi connectivity index (χ4n) is 2.85. The number of halogens is 1. The molecule has 70 valence electrons. The number of aliphatic hydroxyl groups is 1. The summed E-state index contributed by atoms with van der Waals surface area (Å²) in [5.74, 6) is 0.576. The first-order chi connectivity index (χ1) is 5.74. The average Bonchev–Trinajstić information content (AvgIpc) is 1.91. The summed E-state index contributed by atoms with van der Waals surface area (Å²) < 4.78 is 12.7. The Bertz CT molecular complexity index is 154. The van der Waals surface area contributed by atoms with E-state index in [2.05, 4.69) is 0 Å². The fourth-order valence-corrected chi connectivity index (χ4v) is 2.85. The van der Waals surface area contributed by atoms with Crippen molar-refractivity contribution in [1.82, 2.24) is 0 Å². The van der Waals surface area contributed by atoms with Crippen molar-refractivity contribution in [3.8, 4) is 0 Å². The molecule has 0 amide bonds. The molecule has 0 aromatic rings. The van der Waals surface area contributed by atoms with E-state index in [4.69, 9.17) is 5.11 Å². The van der Waals surface area contributed by atoms with Gasteiger partial charge in [-0.1, -0.05) is 6.42 Å². The minimum absolute atomic E-state index is 0.288. The summed E-state index contributed by atoms with van der Waals surface area (Å²) in [5, 5.41) is 8.53. The van der Waals surface area contributed by atoms with Gasteiger partial charge in [0.1, 0.15) is 6.17 Å². The minimum Gasteiger partial charge on any atom is -0.393 e. The van der Waals surface area contributed by atoms with Crippen molar-refractivity contribution in [3.05, 3.63) is 0 Å². The molecule has 2 rings (SSSR count). The SMILES string of the molecule is OC[C@H](F)CC1CC2(CCC2)C1. The molecule has 1 N–H and O–H groups in total. The van der Waals surface area contributed by atoms with Crippen molar-refractivity contribution < 1.29 is 9.50 Å². The molecule has 0 heterocycles. The Balaban J connectivity index is 1.67. The Hall–Kier alpha value is -0.110. The molecule has 0 unspecified atom stereocenters. The molecule has 0 aromatic carbocycles. The van der Waals surface area contributed by atoms with Gasteiger partial charge < -0.3 is 5.11 Å². The molecule has 0 aromatic heterocycles. The van der Waals surface area contributed by atoms with Crippen LogP contribution in [-0.4, -0.2) is 17.9 Å². The zero-order chi connectivity index (χ0) is 8.60. The molecule has 2 heteroatoms. The Morgan fingerprint density at radius 2 is 2.08 bits per heavy atom. The summed E-state index contributed by atoms with van der Waals surface area (Å²) in [5.41, 5.74) is 0.653. The minimum atomic E-state index is -0.965. The number of hydrogen-bond acceptors (Lipinski definition) is 1. The Morgan fingerprint density at radius 3 is 2.50 bits per heavy atom. The normalized spacial score (nSPS) is 29.5. The van der Waals surface area contributed by atoms with E-state index >= 15 is 0 Å². The third kappa shape index (κ3) is 1.37. The van der Waals surface area contributed by atoms with Crippen molar-refractivity contribution in [1.29, 1.82) is 0 Å². The maximum Gasteiger partial charge on any atom is 0.123 e. The molecule has 2 saturated carbocycles. The van der Waals surface area contributed by atoms with E-state index in [0.717, 1.165) is 0 Å². The van der Waals surface area contributed by atoms with Gasteiger partial charge in [-0.25, -0.2) is 4.39 Å². The van der Waals surface area contributed by atoms with Gasteiger partial charge in [-0.05, 0) is 43.4 Å². The zero-order valence-corrected chi connectivity index (χ0v) is 7.43. The molecular weight excluding hydrogens is 155 g/mol. The van der Waals surface area contributed by atoms with Gasteiger partial charge in [0.15, 0.2) is 0 Å². The van der Waals surface area contributed by atoms with E-state index in [9.17, 15) is 4.39 Å². The van der Waals surface area contributed by atoms with Crippen LogP contribution < -0.4 is 0 Å². The summed E-state index contributed by atoms with van der Waals surface area (Å²) >= 11 is 0. The van der Waals surface area contributed by atoms with E-state index in [0.29, 0.717) is 17.8 Å². The summed E-state index contributed by atoms with van der Waals surface area (Å²) in [6.07, 6.45) is 6.22. The van der Waals surface area contributed by atoms with Crippen LogP contribution in [0.1, 0.15) is 38.5 Å². The largest absolute Gasteiger partial charge is 0.393 e. The number of alkyl halides is 1. The molecule has 1 atom stereocenters. The molecule has 12 heavy (non-hydrogen) atoms. The Kier molecular flexibility index (Phi) is 2.11. The standard InChI is InChI=1S/C10H17FO/c11-9(7-12)4-8-5-10(6-8)2-1-3-10/h8-9,12H,1-7H2/t9-/m1/s1. The van der Waals surface area contributed by atoms with Gasteiger partial charge in [0, 0.05) is 0 Å². The van der Waals surface area contributed by atoms with Crippen molar-refractivity contribution >= 4 is 0 Å². The lowest BCUT2D eigenvalue weighted by molar-refractivity contribution is -0.0395. The monoisotopic (exact) mass is 172 g/mol. The maximum atomic E-state index is 12.7. The van der Waals surface area contributed by atoms with E-state index < -0.39 is 6.17 Å². The fraction of sp³-hybridized carbons (Fsp3) is 1.00. The van der Waals surface area contributed by atoms with E-state index in [1.54, 1.807) is 0 Å². The number of hydrogen-bond donors (Lipinski definition) is 1. The van der Waals surface area contributed by atoms with Gasteiger partial charge in [-0.3, -0.25) is 0 Å². The van der Waals surface area contributed by atoms with Crippen LogP contribution in [0.5, 0.6) is 0 Å². The topological polar surface area (TPSA) is 20.2 Å². The highest BCUT2D eigenvalue weighted by atomic mass is 19.1. The molecule has 0 radical (unpaired) electrons. The van der Waals surface area contributed by atoms with Crippen molar-refractivity contribution in [3.63, 3.8) is 0 Å². The molecule has 2 aliphatic carbocycles. The van der Waals surface area contributed by atoms with Crippen LogP contribution in [0.3, 0.4) is 0 Å². The van der Waals surface area contributed by atoms with Crippen LogP contribution in [0.15, 0.2) is 0 Å². The lowest BCUT2D eigenvalue weighted by Gasteiger charge is -2.54. The first-order valence-electron chi connectivity index (χ1n) is 4.99. The first kappa shape index (κ1) is 8.49. The van der Waals surface area contributed by atoms with Crippen LogP contribution in [0.25, 0.3) is 0 Å². The van der Waals surface area contributed by atoms with E-state index in [1.807, 2.05) is 0 Å². The summed E-state index contributed by atoms with van der Waals surface area (Å²) in [6, 6.07) is 0. The maximum absolute atomic E-state index is 12.7. The Morgan fingerprint density at radius 1 is 1.42 bits per heavy atom. The Labute approximate surface area is 73.0 Å². The molecule has 0 aliphatic heterocycles. The lowest BCUT2D eigenvalue weighted by Crippen LogP contribution is -2.43. The molecule has 0 bridgehead atoms. The smallest absolute Gasteiger partial charge is 0.123 e. The van der Waals surface area contributed by atoms with Crippen molar-refractivity contribution in [2.75, 3.05) is 6.61 Å².